The van der Waals surface area contributed by atoms with Crippen molar-refractivity contribution in [3.05, 3.63) is 18.3 Å². The van der Waals surface area contributed by atoms with Crippen LogP contribution >= 0.6 is 0 Å². The van der Waals surface area contributed by atoms with Crippen molar-refractivity contribution in [1.82, 2.24) is 15.5 Å². The molecule has 0 aliphatic heterocycles. The molecule has 1 rings (SSSR count). The van der Waals surface area contributed by atoms with Crippen LogP contribution < -0.4 is 10.6 Å². The highest BCUT2D eigenvalue weighted by Crippen LogP contribution is 2.00. The van der Waals surface area contributed by atoms with E-state index in [-0.39, 0.29) is 11.9 Å². The smallest absolute Gasteiger partial charge is 0.241 e. The summed E-state index contributed by atoms with van der Waals surface area (Å²) in [5, 5.41) is 12.9. The maximum absolute atomic E-state index is 11.1. The van der Waals surface area contributed by atoms with Crippen molar-refractivity contribution in [3.63, 3.8) is 0 Å². The standard InChI is InChI=1S/C8H12N4O/c1-6(8(13)9-2)11-7-4-3-5-10-12-7/h3-6H,1-2H3,(H,9,13)(H,11,12). The first-order valence-electron chi connectivity index (χ1n) is 4.00. The summed E-state index contributed by atoms with van der Waals surface area (Å²) < 4.78 is 0. The molecule has 0 aliphatic carbocycles. The summed E-state index contributed by atoms with van der Waals surface area (Å²) in [6, 6.07) is 3.21. The number of anilines is 1. The minimum Gasteiger partial charge on any atom is -0.357 e. The molecule has 0 radical (unpaired) electrons. The zero-order valence-corrected chi connectivity index (χ0v) is 7.61. The average molecular weight is 180 g/mol. The number of hydrogen-bond acceptors (Lipinski definition) is 4. The van der Waals surface area contributed by atoms with Gasteiger partial charge >= 0.3 is 0 Å². The molecule has 0 bridgehead atoms. The van der Waals surface area contributed by atoms with Crippen molar-refractivity contribution in [2.45, 2.75) is 13.0 Å². The van der Waals surface area contributed by atoms with E-state index in [1.807, 2.05) is 0 Å². The zero-order chi connectivity index (χ0) is 9.68. The molecule has 0 spiro atoms. The molecule has 1 aromatic rings. The van der Waals surface area contributed by atoms with Gasteiger partial charge in [-0.15, -0.1) is 5.10 Å². The van der Waals surface area contributed by atoms with Crippen LogP contribution in [0.2, 0.25) is 0 Å². The van der Waals surface area contributed by atoms with E-state index in [4.69, 9.17) is 0 Å². The summed E-state index contributed by atoms with van der Waals surface area (Å²) in [5.41, 5.74) is 0. The van der Waals surface area contributed by atoms with Crippen molar-refractivity contribution in [2.75, 3.05) is 12.4 Å². The van der Waals surface area contributed by atoms with Gasteiger partial charge in [-0.25, -0.2) is 0 Å². The van der Waals surface area contributed by atoms with Crippen LogP contribution in [-0.2, 0) is 4.79 Å². The number of nitrogens with one attached hydrogen (secondary N) is 2. The van der Waals surface area contributed by atoms with Gasteiger partial charge in [0.2, 0.25) is 5.91 Å². The highest BCUT2D eigenvalue weighted by atomic mass is 16.2. The molecule has 13 heavy (non-hydrogen) atoms. The molecule has 70 valence electrons. The van der Waals surface area contributed by atoms with Crippen LogP contribution in [0.3, 0.4) is 0 Å². The molecule has 0 fully saturated rings. The fourth-order valence-electron chi connectivity index (χ4n) is 0.882. The van der Waals surface area contributed by atoms with Gasteiger partial charge in [0.1, 0.15) is 11.9 Å². The number of aromatic nitrogens is 2. The Balaban J connectivity index is 2.55. The Bertz CT molecular complexity index is 275. The Morgan fingerprint density at radius 2 is 2.38 bits per heavy atom. The summed E-state index contributed by atoms with van der Waals surface area (Å²) in [5.74, 6) is 0.518. The minimum atomic E-state index is -0.304. The van der Waals surface area contributed by atoms with E-state index < -0.39 is 0 Å². The van der Waals surface area contributed by atoms with E-state index in [0.717, 1.165) is 0 Å². The Morgan fingerprint density at radius 3 is 2.92 bits per heavy atom. The molecule has 1 amide bonds. The number of nitrogens with zero attached hydrogens (tertiary/aromatic N) is 2. The van der Waals surface area contributed by atoms with E-state index >= 15 is 0 Å². The van der Waals surface area contributed by atoms with Crippen LogP contribution in [0.25, 0.3) is 0 Å². The van der Waals surface area contributed by atoms with E-state index in [9.17, 15) is 4.79 Å². The molecule has 0 saturated carbocycles. The molecular formula is C8H12N4O. The van der Waals surface area contributed by atoms with Gasteiger partial charge in [-0.3, -0.25) is 4.79 Å². The molecular weight excluding hydrogens is 168 g/mol. The third-order valence-corrected chi connectivity index (χ3v) is 1.58. The second-order valence-corrected chi connectivity index (χ2v) is 2.59. The molecule has 1 unspecified atom stereocenters. The summed E-state index contributed by atoms with van der Waals surface area (Å²) in [6.45, 7) is 1.76. The first kappa shape index (κ1) is 9.44. The number of rotatable bonds is 3. The van der Waals surface area contributed by atoms with Crippen molar-refractivity contribution in [3.8, 4) is 0 Å². The van der Waals surface area contributed by atoms with Gasteiger partial charge in [0.15, 0.2) is 0 Å². The molecule has 0 saturated heterocycles. The van der Waals surface area contributed by atoms with Gasteiger partial charge in [0, 0.05) is 13.2 Å². The van der Waals surface area contributed by atoms with Crippen molar-refractivity contribution in [2.24, 2.45) is 0 Å². The molecule has 1 aromatic heterocycles. The topological polar surface area (TPSA) is 66.9 Å². The van der Waals surface area contributed by atoms with E-state index in [1.165, 1.54) is 0 Å². The predicted octanol–water partition coefficient (Wildman–Crippen LogP) is 0.0230. The van der Waals surface area contributed by atoms with E-state index in [0.29, 0.717) is 5.82 Å². The average Bonchev–Trinajstić information content (AvgIpc) is 2.18. The maximum atomic E-state index is 11.1. The lowest BCUT2D eigenvalue weighted by molar-refractivity contribution is -0.121. The van der Waals surface area contributed by atoms with E-state index in [2.05, 4.69) is 20.8 Å². The fraction of sp³-hybridized carbons (Fsp3) is 0.375. The lowest BCUT2D eigenvalue weighted by atomic mass is 10.3. The van der Waals surface area contributed by atoms with Crippen molar-refractivity contribution >= 4 is 11.7 Å². The Labute approximate surface area is 76.6 Å². The number of likely N-dealkylation sites (N-methyl/N-ethyl adjacent to an activating group) is 1. The van der Waals surface area contributed by atoms with Crippen LogP contribution in [0.4, 0.5) is 5.82 Å². The molecule has 0 aliphatic rings. The van der Waals surface area contributed by atoms with Crippen LogP contribution in [-0.4, -0.2) is 29.2 Å². The third kappa shape index (κ3) is 2.70. The Kier molecular flexibility index (Phi) is 3.19. The predicted molar refractivity (Wildman–Crippen MR) is 49.2 cm³/mol. The summed E-state index contributed by atoms with van der Waals surface area (Å²) in [6.07, 6.45) is 1.58. The molecule has 2 N–H and O–H groups in total. The molecule has 1 heterocycles. The molecule has 5 heteroatoms. The van der Waals surface area contributed by atoms with Gasteiger partial charge in [0.05, 0.1) is 0 Å². The zero-order valence-electron chi connectivity index (χ0n) is 7.61. The van der Waals surface area contributed by atoms with E-state index in [1.54, 1.807) is 32.3 Å². The summed E-state index contributed by atoms with van der Waals surface area (Å²) in [4.78, 5) is 11.1. The highest BCUT2D eigenvalue weighted by molar-refractivity contribution is 5.83. The van der Waals surface area contributed by atoms with Crippen LogP contribution in [0.1, 0.15) is 6.92 Å². The fourth-order valence-corrected chi connectivity index (χ4v) is 0.882. The first-order chi connectivity index (χ1) is 6.24. The Morgan fingerprint density at radius 1 is 1.62 bits per heavy atom. The third-order valence-electron chi connectivity index (χ3n) is 1.58. The largest absolute Gasteiger partial charge is 0.357 e. The second kappa shape index (κ2) is 4.39. The number of amides is 1. The highest BCUT2D eigenvalue weighted by Gasteiger charge is 2.10. The minimum absolute atomic E-state index is 0.0781. The van der Waals surface area contributed by atoms with Crippen LogP contribution in [0, 0.1) is 0 Å². The van der Waals surface area contributed by atoms with Crippen LogP contribution in [0.15, 0.2) is 18.3 Å². The van der Waals surface area contributed by atoms with Gasteiger partial charge < -0.3 is 10.6 Å². The van der Waals surface area contributed by atoms with Crippen molar-refractivity contribution in [1.29, 1.82) is 0 Å². The summed E-state index contributed by atoms with van der Waals surface area (Å²) in [7, 11) is 1.59. The SMILES string of the molecule is CNC(=O)C(C)Nc1cccnn1. The number of hydrogen-bond donors (Lipinski definition) is 2. The Hall–Kier alpha value is -1.65. The quantitative estimate of drug-likeness (QED) is 0.688. The lowest BCUT2D eigenvalue weighted by Gasteiger charge is -2.11. The molecule has 5 nitrogen and oxygen atoms in total. The molecule has 1 atom stereocenters. The van der Waals surface area contributed by atoms with Crippen LogP contribution in [0.5, 0.6) is 0 Å². The number of carbonyl (C=O) groups is 1. The van der Waals surface area contributed by atoms with Crippen molar-refractivity contribution < 1.29 is 4.79 Å². The molecule has 0 aromatic carbocycles. The van der Waals surface area contributed by atoms with Gasteiger partial charge in [-0.1, -0.05) is 0 Å². The first-order valence-corrected chi connectivity index (χ1v) is 4.00. The van der Waals surface area contributed by atoms with Gasteiger partial charge in [-0.05, 0) is 19.1 Å². The maximum Gasteiger partial charge on any atom is 0.241 e. The summed E-state index contributed by atoms with van der Waals surface area (Å²) >= 11 is 0. The second-order valence-electron chi connectivity index (χ2n) is 2.59. The lowest BCUT2D eigenvalue weighted by Crippen LogP contribution is -2.35. The monoisotopic (exact) mass is 180 g/mol. The van der Waals surface area contributed by atoms with Gasteiger partial charge in [-0.2, -0.15) is 5.10 Å². The van der Waals surface area contributed by atoms with Gasteiger partial charge in [0.25, 0.3) is 0 Å². The normalized spacial score (nSPS) is 11.8. The number of carbonyl (C=O) groups excluding carboxylic acids is 1.